The van der Waals surface area contributed by atoms with Gasteiger partial charge in [-0.25, -0.2) is 14.8 Å². The van der Waals surface area contributed by atoms with Crippen molar-refractivity contribution in [2.75, 3.05) is 36.6 Å². The summed E-state index contributed by atoms with van der Waals surface area (Å²) < 4.78 is 10.4. The van der Waals surface area contributed by atoms with Crippen LogP contribution in [0, 0.1) is 0 Å². The Balaban J connectivity index is 1.30. The number of fused-ring (bicyclic) bond motifs is 1. The number of benzene rings is 2. The van der Waals surface area contributed by atoms with Crippen LogP contribution in [0.3, 0.4) is 0 Å². The molecule has 1 saturated carbocycles. The summed E-state index contributed by atoms with van der Waals surface area (Å²) >= 11 is 0. The van der Waals surface area contributed by atoms with Crippen molar-refractivity contribution in [2.24, 2.45) is 0 Å². The molecule has 2 atom stereocenters. The minimum atomic E-state index is -1.19. The van der Waals surface area contributed by atoms with Gasteiger partial charge in [0.05, 0.1) is 31.6 Å². The summed E-state index contributed by atoms with van der Waals surface area (Å²) in [7, 11) is 1.84. The number of esters is 2. The summed E-state index contributed by atoms with van der Waals surface area (Å²) in [6, 6.07) is 9.47. The summed E-state index contributed by atoms with van der Waals surface area (Å²) in [5.74, 6) is -1.88. The SMILES string of the molecule is CCOC(=O)CC[C@H](NC(=O)c1ccc(N(C)Cc2cnc3nc(N)nc(N)c3n2)cc1)C(=O)N[C@@H](Cc1ccc(O)cc1C1CCCC1)C(=O)OCC. The van der Waals surface area contributed by atoms with Gasteiger partial charge >= 0.3 is 11.9 Å². The summed E-state index contributed by atoms with van der Waals surface area (Å²) in [5, 5.41) is 15.8. The van der Waals surface area contributed by atoms with Gasteiger partial charge in [0.2, 0.25) is 11.9 Å². The molecule has 286 valence electrons. The van der Waals surface area contributed by atoms with E-state index in [1.165, 1.54) is 0 Å². The van der Waals surface area contributed by atoms with Crippen LogP contribution >= 0.6 is 0 Å². The van der Waals surface area contributed by atoms with E-state index in [-0.39, 0.29) is 61.5 Å². The molecule has 0 saturated heterocycles. The molecule has 2 heterocycles. The molecule has 16 heteroatoms. The number of phenolic OH excluding ortho intramolecular Hbond substituents is 1. The number of aromatic nitrogens is 4. The average Bonchev–Trinajstić information content (AvgIpc) is 3.69. The zero-order valence-electron chi connectivity index (χ0n) is 30.7. The maximum absolute atomic E-state index is 13.9. The molecule has 2 aromatic heterocycles. The van der Waals surface area contributed by atoms with Crippen LogP contribution < -0.4 is 27.0 Å². The second-order valence-corrected chi connectivity index (χ2v) is 13.2. The van der Waals surface area contributed by atoms with Crippen LogP contribution in [0.15, 0.2) is 48.7 Å². The summed E-state index contributed by atoms with van der Waals surface area (Å²) in [5.41, 5.74) is 15.6. The second-order valence-electron chi connectivity index (χ2n) is 13.2. The van der Waals surface area contributed by atoms with E-state index in [1.807, 2.05) is 11.9 Å². The number of nitrogens with two attached hydrogens (primary N) is 2. The van der Waals surface area contributed by atoms with Crippen LogP contribution in [0.5, 0.6) is 5.75 Å². The minimum absolute atomic E-state index is 0.00796. The van der Waals surface area contributed by atoms with E-state index in [0.717, 1.165) is 42.5 Å². The number of rotatable bonds is 16. The van der Waals surface area contributed by atoms with Gasteiger partial charge in [-0.15, -0.1) is 0 Å². The van der Waals surface area contributed by atoms with Gasteiger partial charge in [-0.3, -0.25) is 14.4 Å². The van der Waals surface area contributed by atoms with Crippen molar-refractivity contribution in [1.82, 2.24) is 30.6 Å². The lowest BCUT2D eigenvalue weighted by molar-refractivity contribution is -0.148. The number of ether oxygens (including phenoxy) is 2. The molecular formula is C38H47N9O7. The van der Waals surface area contributed by atoms with Gasteiger partial charge in [-0.1, -0.05) is 18.9 Å². The number of phenols is 1. The van der Waals surface area contributed by atoms with Gasteiger partial charge in [0.25, 0.3) is 5.91 Å². The van der Waals surface area contributed by atoms with Crippen LogP contribution in [0.2, 0.25) is 0 Å². The fourth-order valence-electron chi connectivity index (χ4n) is 6.58. The smallest absolute Gasteiger partial charge is 0.328 e. The number of hydrogen-bond acceptors (Lipinski definition) is 14. The highest BCUT2D eigenvalue weighted by molar-refractivity contribution is 5.98. The van der Waals surface area contributed by atoms with Crippen molar-refractivity contribution in [3.8, 4) is 5.75 Å². The van der Waals surface area contributed by atoms with Crippen molar-refractivity contribution < 1.29 is 33.8 Å². The molecule has 0 bridgehead atoms. The molecule has 1 fully saturated rings. The number of nitrogens with one attached hydrogen (secondary N) is 2. The lowest BCUT2D eigenvalue weighted by Crippen LogP contribution is -2.52. The van der Waals surface area contributed by atoms with E-state index in [0.29, 0.717) is 23.4 Å². The van der Waals surface area contributed by atoms with Crippen LogP contribution in [0.1, 0.15) is 85.5 Å². The van der Waals surface area contributed by atoms with Crippen molar-refractivity contribution in [1.29, 1.82) is 0 Å². The first kappa shape index (κ1) is 39.2. The van der Waals surface area contributed by atoms with E-state index in [4.69, 9.17) is 20.9 Å². The van der Waals surface area contributed by atoms with Crippen molar-refractivity contribution in [3.63, 3.8) is 0 Å². The molecule has 54 heavy (non-hydrogen) atoms. The highest BCUT2D eigenvalue weighted by Crippen LogP contribution is 2.37. The first-order chi connectivity index (χ1) is 25.9. The number of anilines is 3. The van der Waals surface area contributed by atoms with E-state index in [9.17, 15) is 24.3 Å². The molecule has 0 spiro atoms. The lowest BCUT2D eigenvalue weighted by Gasteiger charge is -2.24. The number of hydrogen-bond donors (Lipinski definition) is 5. The Kier molecular flexibility index (Phi) is 13.1. The Hall–Kier alpha value is -6.06. The number of amides is 2. The number of nitrogen functional groups attached to an aromatic ring is 2. The normalized spacial score (nSPS) is 13.9. The molecule has 2 aromatic carbocycles. The Morgan fingerprint density at radius 3 is 2.37 bits per heavy atom. The Bertz CT molecular complexity index is 1970. The maximum atomic E-state index is 13.9. The number of aromatic hydroxyl groups is 1. The fraction of sp³-hybridized carbons (Fsp3) is 0.421. The topological polar surface area (TPSA) is 238 Å². The third kappa shape index (κ3) is 10.1. The molecule has 1 aliphatic carbocycles. The Morgan fingerprint density at radius 2 is 1.67 bits per heavy atom. The molecule has 1 aliphatic rings. The molecule has 2 amide bonds. The molecule has 0 unspecified atom stereocenters. The van der Waals surface area contributed by atoms with E-state index < -0.39 is 35.8 Å². The number of carbonyl (C=O) groups is 4. The van der Waals surface area contributed by atoms with Crippen LogP contribution in [0.4, 0.5) is 17.5 Å². The van der Waals surface area contributed by atoms with Gasteiger partial charge in [-0.05, 0) is 86.6 Å². The van der Waals surface area contributed by atoms with Crippen molar-refractivity contribution >= 4 is 52.4 Å². The van der Waals surface area contributed by atoms with Gasteiger partial charge in [0.15, 0.2) is 17.0 Å². The highest BCUT2D eigenvalue weighted by Gasteiger charge is 2.30. The minimum Gasteiger partial charge on any atom is -0.508 e. The molecule has 4 aromatic rings. The lowest BCUT2D eigenvalue weighted by atomic mass is 9.89. The Morgan fingerprint density at radius 1 is 0.944 bits per heavy atom. The van der Waals surface area contributed by atoms with E-state index >= 15 is 0 Å². The quantitative estimate of drug-likeness (QED) is 0.104. The maximum Gasteiger partial charge on any atom is 0.328 e. The molecule has 7 N–H and O–H groups in total. The summed E-state index contributed by atoms with van der Waals surface area (Å²) in [6.07, 6.45) is 5.54. The van der Waals surface area contributed by atoms with E-state index in [1.54, 1.807) is 62.5 Å². The van der Waals surface area contributed by atoms with Crippen molar-refractivity contribution in [2.45, 2.75) is 83.3 Å². The molecule has 0 aliphatic heterocycles. The van der Waals surface area contributed by atoms with Gasteiger partial charge in [0, 0.05) is 31.1 Å². The summed E-state index contributed by atoms with van der Waals surface area (Å²) in [6.45, 7) is 3.96. The third-order valence-electron chi connectivity index (χ3n) is 9.27. The van der Waals surface area contributed by atoms with Gasteiger partial charge < -0.3 is 41.6 Å². The third-order valence-corrected chi connectivity index (χ3v) is 9.27. The van der Waals surface area contributed by atoms with Crippen LogP contribution in [0.25, 0.3) is 11.2 Å². The number of nitrogens with zero attached hydrogens (tertiary/aromatic N) is 5. The molecular weight excluding hydrogens is 694 g/mol. The monoisotopic (exact) mass is 741 g/mol. The van der Waals surface area contributed by atoms with Gasteiger partial charge in [0.1, 0.15) is 17.8 Å². The first-order valence-corrected chi connectivity index (χ1v) is 18.1. The number of carbonyl (C=O) groups excluding carboxylic acids is 4. The zero-order valence-corrected chi connectivity index (χ0v) is 30.7. The highest BCUT2D eigenvalue weighted by atomic mass is 16.5. The van der Waals surface area contributed by atoms with Gasteiger partial charge in [-0.2, -0.15) is 9.97 Å². The molecule has 0 radical (unpaired) electrons. The Labute approximate surface area is 313 Å². The van der Waals surface area contributed by atoms with E-state index in [2.05, 4.69) is 30.6 Å². The largest absolute Gasteiger partial charge is 0.508 e. The first-order valence-electron chi connectivity index (χ1n) is 18.1. The zero-order chi connectivity index (χ0) is 38.8. The van der Waals surface area contributed by atoms with Crippen LogP contribution in [-0.4, -0.2) is 81.1 Å². The predicted octanol–water partition coefficient (Wildman–Crippen LogP) is 3.32. The second kappa shape index (κ2) is 18.1. The summed E-state index contributed by atoms with van der Waals surface area (Å²) in [4.78, 5) is 71.6. The predicted molar refractivity (Wildman–Crippen MR) is 201 cm³/mol. The molecule has 5 rings (SSSR count). The van der Waals surface area contributed by atoms with Crippen LogP contribution in [-0.2, 0) is 36.8 Å². The fourth-order valence-corrected chi connectivity index (χ4v) is 6.58. The standard InChI is InChI=1S/C38H47N9O7/c1-4-53-31(49)17-16-29(36(51)44-30(37(52)54-5-2)18-24-12-15-27(48)19-28(24)22-8-6-7-9-22)43-35(50)23-10-13-26(14-11-23)47(3)21-25-20-41-34-32(42-25)33(39)45-38(40)46-34/h10-15,19-20,22,29-30,48H,4-9,16-18,21H2,1-3H3,(H,43,50)(H,44,51)(H4,39,40,41,45,46)/t29-,30-/m0/s1. The molecule has 16 nitrogen and oxygen atoms in total. The average molecular weight is 742 g/mol. The van der Waals surface area contributed by atoms with Crippen molar-refractivity contribution in [3.05, 3.63) is 71.0 Å².